The van der Waals surface area contributed by atoms with Crippen LogP contribution in [0.4, 0.5) is 4.79 Å². The van der Waals surface area contributed by atoms with Gasteiger partial charge in [0, 0.05) is 0 Å². The van der Waals surface area contributed by atoms with Gasteiger partial charge < -0.3 is 15.2 Å². The van der Waals surface area contributed by atoms with Gasteiger partial charge in [0.2, 0.25) is 0 Å². The number of rotatable bonds is 5. The number of aliphatic hydroxyl groups excluding tert-OH is 1. The average molecular weight is 340 g/mol. The minimum atomic E-state index is -1.19. The van der Waals surface area contributed by atoms with Gasteiger partial charge >= 0.3 is 6.03 Å². The van der Waals surface area contributed by atoms with Crippen molar-refractivity contribution in [3.8, 4) is 5.75 Å². The third-order valence-corrected chi connectivity index (χ3v) is 4.46. The molecule has 25 heavy (non-hydrogen) atoms. The molecule has 2 N–H and O–H groups in total. The summed E-state index contributed by atoms with van der Waals surface area (Å²) in [5, 5.41) is 13.1. The third-order valence-electron chi connectivity index (χ3n) is 4.46. The zero-order chi connectivity index (χ0) is 18.0. The van der Waals surface area contributed by atoms with Crippen molar-refractivity contribution >= 4 is 11.9 Å². The van der Waals surface area contributed by atoms with Crippen LogP contribution in [0.3, 0.4) is 0 Å². The first-order valence-electron chi connectivity index (χ1n) is 7.97. The Kier molecular flexibility index (Phi) is 4.46. The lowest BCUT2D eigenvalue weighted by atomic mass is 9.92. The highest BCUT2D eigenvalue weighted by molar-refractivity contribution is 6.07. The molecule has 0 spiro atoms. The van der Waals surface area contributed by atoms with Gasteiger partial charge in [0.05, 0.1) is 19.8 Å². The highest BCUT2D eigenvalue weighted by Gasteiger charge is 2.49. The van der Waals surface area contributed by atoms with E-state index in [4.69, 9.17) is 4.74 Å². The lowest BCUT2D eigenvalue weighted by Crippen LogP contribution is -2.41. The lowest BCUT2D eigenvalue weighted by molar-refractivity contribution is -0.132. The van der Waals surface area contributed by atoms with Crippen molar-refractivity contribution in [3.63, 3.8) is 0 Å². The quantitative estimate of drug-likeness (QED) is 0.818. The van der Waals surface area contributed by atoms with Gasteiger partial charge in [0.1, 0.15) is 11.3 Å². The second-order valence-corrected chi connectivity index (χ2v) is 6.13. The molecule has 1 aliphatic heterocycles. The molecule has 3 rings (SSSR count). The Morgan fingerprint density at radius 3 is 2.56 bits per heavy atom. The summed E-state index contributed by atoms with van der Waals surface area (Å²) < 4.78 is 5.19. The van der Waals surface area contributed by atoms with Crippen LogP contribution in [-0.2, 0) is 10.3 Å². The zero-order valence-corrected chi connectivity index (χ0v) is 14.1. The Morgan fingerprint density at radius 1 is 1.16 bits per heavy atom. The Bertz CT molecular complexity index is 793. The van der Waals surface area contributed by atoms with E-state index < -0.39 is 23.6 Å². The molecule has 0 aliphatic carbocycles. The predicted molar refractivity (Wildman–Crippen MR) is 92.0 cm³/mol. The molecule has 0 radical (unpaired) electrons. The predicted octanol–water partition coefficient (Wildman–Crippen LogP) is 2.20. The van der Waals surface area contributed by atoms with Crippen LogP contribution in [0.2, 0.25) is 0 Å². The Hall–Kier alpha value is -2.86. The van der Waals surface area contributed by atoms with Gasteiger partial charge in [-0.3, -0.25) is 9.69 Å². The van der Waals surface area contributed by atoms with Crippen molar-refractivity contribution in [1.29, 1.82) is 0 Å². The highest BCUT2D eigenvalue weighted by Crippen LogP contribution is 2.31. The normalized spacial score (nSPS) is 21.2. The van der Waals surface area contributed by atoms with Crippen LogP contribution in [0, 0.1) is 0 Å². The van der Waals surface area contributed by atoms with Crippen molar-refractivity contribution in [3.05, 3.63) is 65.7 Å². The Labute approximate surface area is 146 Å². The second-order valence-electron chi connectivity index (χ2n) is 6.13. The first kappa shape index (κ1) is 17.0. The number of carbonyl (C=O) groups excluding carboxylic acids is 2. The standard InChI is InChI=1S/C19H20N2O4/c1-19(14-9-6-10-15(11-14)25-2)17(23)21(18(24)20-19)12-16(22)13-7-4-3-5-8-13/h3-11,16,22H,12H2,1-2H3,(H,20,24)/t16-,19+/m1/s1. The molecule has 3 amide bonds. The van der Waals surface area contributed by atoms with E-state index in [1.54, 1.807) is 62.6 Å². The summed E-state index contributed by atoms with van der Waals surface area (Å²) in [6, 6.07) is 15.4. The molecule has 6 nitrogen and oxygen atoms in total. The maximum atomic E-state index is 12.9. The summed E-state index contributed by atoms with van der Waals surface area (Å²) in [6.07, 6.45) is -0.941. The molecule has 1 aliphatic rings. The smallest absolute Gasteiger partial charge is 0.325 e. The van der Waals surface area contributed by atoms with Gasteiger partial charge in [0.15, 0.2) is 0 Å². The van der Waals surface area contributed by atoms with Gasteiger partial charge in [0.25, 0.3) is 5.91 Å². The molecule has 0 bridgehead atoms. The average Bonchev–Trinajstić information content (AvgIpc) is 2.86. The summed E-state index contributed by atoms with van der Waals surface area (Å²) in [4.78, 5) is 26.3. The number of hydrogen-bond acceptors (Lipinski definition) is 4. The second kappa shape index (κ2) is 6.57. The van der Waals surface area contributed by atoms with E-state index >= 15 is 0 Å². The number of urea groups is 1. The van der Waals surface area contributed by atoms with E-state index in [9.17, 15) is 14.7 Å². The topological polar surface area (TPSA) is 78.9 Å². The van der Waals surface area contributed by atoms with E-state index in [-0.39, 0.29) is 6.54 Å². The summed E-state index contributed by atoms with van der Waals surface area (Å²) in [5.41, 5.74) is 0.0853. The first-order valence-corrected chi connectivity index (χ1v) is 7.97. The largest absolute Gasteiger partial charge is 0.497 e. The number of methoxy groups -OCH3 is 1. The minimum Gasteiger partial charge on any atom is -0.497 e. The van der Waals surface area contributed by atoms with E-state index in [0.717, 1.165) is 4.90 Å². The maximum Gasteiger partial charge on any atom is 0.325 e. The van der Waals surface area contributed by atoms with E-state index in [1.165, 1.54) is 0 Å². The van der Waals surface area contributed by atoms with Crippen LogP contribution >= 0.6 is 0 Å². The number of imide groups is 1. The molecule has 1 saturated heterocycles. The fourth-order valence-electron chi connectivity index (χ4n) is 2.95. The third kappa shape index (κ3) is 3.08. The number of aliphatic hydroxyl groups is 1. The zero-order valence-electron chi connectivity index (χ0n) is 14.1. The number of carbonyl (C=O) groups is 2. The number of nitrogens with one attached hydrogen (secondary N) is 1. The Balaban J connectivity index is 1.84. The summed E-state index contributed by atoms with van der Waals surface area (Å²) in [7, 11) is 1.54. The summed E-state index contributed by atoms with van der Waals surface area (Å²) >= 11 is 0. The van der Waals surface area contributed by atoms with Crippen molar-refractivity contribution in [1.82, 2.24) is 10.2 Å². The molecule has 2 aromatic rings. The number of ether oxygens (including phenoxy) is 1. The highest BCUT2D eigenvalue weighted by atomic mass is 16.5. The van der Waals surface area contributed by atoms with Crippen LogP contribution in [-0.4, -0.2) is 35.6 Å². The molecule has 0 aromatic heterocycles. The van der Waals surface area contributed by atoms with Crippen LogP contribution in [0.5, 0.6) is 5.75 Å². The number of hydrogen-bond donors (Lipinski definition) is 2. The van der Waals surface area contributed by atoms with E-state index in [0.29, 0.717) is 16.9 Å². The van der Waals surface area contributed by atoms with E-state index in [1.807, 2.05) is 6.07 Å². The number of benzene rings is 2. The van der Waals surface area contributed by atoms with Crippen molar-refractivity contribution < 1.29 is 19.4 Å². The number of amides is 3. The Morgan fingerprint density at radius 2 is 1.88 bits per heavy atom. The van der Waals surface area contributed by atoms with Gasteiger partial charge in [-0.05, 0) is 30.2 Å². The van der Waals surface area contributed by atoms with Gasteiger partial charge in [-0.25, -0.2) is 4.79 Å². The molecule has 1 heterocycles. The summed E-state index contributed by atoms with van der Waals surface area (Å²) in [6.45, 7) is 1.55. The molecule has 2 atom stereocenters. The van der Waals surface area contributed by atoms with Crippen molar-refractivity contribution in [2.75, 3.05) is 13.7 Å². The molecular formula is C19H20N2O4. The van der Waals surface area contributed by atoms with Crippen LogP contribution in [0.1, 0.15) is 24.2 Å². The maximum absolute atomic E-state index is 12.9. The molecule has 1 fully saturated rings. The number of β-amino-alcohol motifs (C(OH)–C–C–N with tert-alkyl or cyclic N) is 1. The SMILES string of the molecule is COc1cccc([C@]2(C)NC(=O)N(C[C@@H](O)c3ccccc3)C2=O)c1. The fourth-order valence-corrected chi connectivity index (χ4v) is 2.95. The number of nitrogens with zero attached hydrogens (tertiary/aromatic N) is 1. The molecular weight excluding hydrogens is 320 g/mol. The van der Waals surface area contributed by atoms with Gasteiger partial charge in [-0.15, -0.1) is 0 Å². The monoisotopic (exact) mass is 340 g/mol. The van der Waals surface area contributed by atoms with Crippen molar-refractivity contribution in [2.24, 2.45) is 0 Å². The van der Waals surface area contributed by atoms with E-state index in [2.05, 4.69) is 5.32 Å². The molecule has 0 unspecified atom stereocenters. The van der Waals surface area contributed by atoms with Crippen molar-refractivity contribution in [2.45, 2.75) is 18.6 Å². The molecule has 130 valence electrons. The fraction of sp³-hybridized carbons (Fsp3) is 0.263. The first-order chi connectivity index (χ1) is 12.0. The van der Waals surface area contributed by atoms with Crippen LogP contribution in [0.15, 0.2) is 54.6 Å². The van der Waals surface area contributed by atoms with Gasteiger partial charge in [-0.1, -0.05) is 42.5 Å². The summed E-state index contributed by atoms with van der Waals surface area (Å²) in [5.74, 6) is 0.198. The van der Waals surface area contributed by atoms with Gasteiger partial charge in [-0.2, -0.15) is 0 Å². The van der Waals surface area contributed by atoms with Crippen LogP contribution < -0.4 is 10.1 Å². The molecule has 2 aromatic carbocycles. The lowest BCUT2D eigenvalue weighted by Gasteiger charge is -2.23. The molecule has 0 saturated carbocycles. The molecule has 6 heteroatoms. The van der Waals surface area contributed by atoms with Crippen LogP contribution in [0.25, 0.3) is 0 Å². The minimum absolute atomic E-state index is 0.103.